The summed E-state index contributed by atoms with van der Waals surface area (Å²) in [6.07, 6.45) is 3.31. The summed E-state index contributed by atoms with van der Waals surface area (Å²) in [6.45, 7) is 2.31. The molecule has 1 atom stereocenters. The SMILES string of the molecule is CC(CCc1ccco1)NC(=O)c1ccc(C#CCN)s1. The summed E-state index contributed by atoms with van der Waals surface area (Å²) in [5.41, 5.74) is 5.33. The molecule has 0 aliphatic carbocycles. The Kier molecular flexibility index (Phi) is 5.61. The smallest absolute Gasteiger partial charge is 0.261 e. The van der Waals surface area contributed by atoms with Gasteiger partial charge in [-0.25, -0.2) is 0 Å². The number of nitrogens with two attached hydrogens (primary N) is 1. The van der Waals surface area contributed by atoms with E-state index in [0.29, 0.717) is 11.4 Å². The van der Waals surface area contributed by atoms with Crippen LogP contribution in [0.15, 0.2) is 34.9 Å². The average Bonchev–Trinajstić information content (AvgIpc) is 3.14. The standard InChI is InChI=1S/C16H18N2O2S/c1-12(6-7-13-4-3-11-20-13)18-16(19)15-9-8-14(21-15)5-2-10-17/h3-4,8-9,11-12H,6-7,10,17H2,1H3,(H,18,19). The molecule has 0 aliphatic heterocycles. The molecule has 0 saturated heterocycles. The molecule has 0 fully saturated rings. The molecule has 2 aromatic heterocycles. The summed E-state index contributed by atoms with van der Waals surface area (Å²) >= 11 is 1.38. The lowest BCUT2D eigenvalue weighted by Gasteiger charge is -2.12. The van der Waals surface area contributed by atoms with Gasteiger partial charge in [0.05, 0.1) is 22.6 Å². The Morgan fingerprint density at radius 3 is 3.05 bits per heavy atom. The maximum atomic E-state index is 12.1. The van der Waals surface area contributed by atoms with Crippen molar-refractivity contribution in [3.63, 3.8) is 0 Å². The average molecular weight is 302 g/mol. The Bertz CT molecular complexity index is 635. The Balaban J connectivity index is 1.84. The van der Waals surface area contributed by atoms with Gasteiger partial charge in [0.1, 0.15) is 5.76 Å². The second kappa shape index (κ2) is 7.67. The van der Waals surface area contributed by atoms with Crippen molar-refractivity contribution in [2.45, 2.75) is 25.8 Å². The van der Waals surface area contributed by atoms with Gasteiger partial charge in [-0.1, -0.05) is 11.8 Å². The lowest BCUT2D eigenvalue weighted by atomic mass is 10.1. The van der Waals surface area contributed by atoms with Crippen molar-refractivity contribution >= 4 is 17.2 Å². The van der Waals surface area contributed by atoms with E-state index in [1.165, 1.54) is 11.3 Å². The fourth-order valence-electron chi connectivity index (χ4n) is 1.85. The van der Waals surface area contributed by atoms with Crippen LogP contribution in [0.4, 0.5) is 0 Å². The third kappa shape index (κ3) is 4.78. The van der Waals surface area contributed by atoms with Crippen LogP contribution in [0.2, 0.25) is 0 Å². The summed E-state index contributed by atoms with van der Waals surface area (Å²) in [5.74, 6) is 6.58. The molecule has 1 amide bonds. The minimum Gasteiger partial charge on any atom is -0.469 e. The van der Waals surface area contributed by atoms with E-state index in [2.05, 4.69) is 17.2 Å². The minimum absolute atomic E-state index is 0.0623. The number of hydrogen-bond acceptors (Lipinski definition) is 4. The molecule has 0 saturated carbocycles. The number of furan rings is 1. The van der Waals surface area contributed by atoms with Crippen LogP contribution >= 0.6 is 11.3 Å². The zero-order valence-electron chi connectivity index (χ0n) is 11.9. The largest absolute Gasteiger partial charge is 0.469 e. The topological polar surface area (TPSA) is 68.3 Å². The van der Waals surface area contributed by atoms with Crippen LogP contribution in [0.5, 0.6) is 0 Å². The van der Waals surface area contributed by atoms with Crippen molar-refractivity contribution < 1.29 is 9.21 Å². The molecule has 0 radical (unpaired) electrons. The third-order valence-electron chi connectivity index (χ3n) is 2.92. The van der Waals surface area contributed by atoms with Gasteiger partial charge < -0.3 is 15.5 Å². The predicted octanol–water partition coefficient (Wildman–Crippen LogP) is 2.40. The van der Waals surface area contributed by atoms with E-state index in [1.54, 1.807) is 12.3 Å². The molecule has 2 rings (SSSR count). The Morgan fingerprint density at radius 2 is 2.33 bits per heavy atom. The molecular weight excluding hydrogens is 284 g/mol. The summed E-state index contributed by atoms with van der Waals surface area (Å²) in [4.78, 5) is 13.6. The van der Waals surface area contributed by atoms with Crippen LogP contribution in [0.25, 0.3) is 0 Å². The van der Waals surface area contributed by atoms with E-state index in [0.717, 1.165) is 23.5 Å². The second-order valence-corrected chi connectivity index (χ2v) is 5.75. The molecule has 4 nitrogen and oxygen atoms in total. The van der Waals surface area contributed by atoms with Crippen molar-refractivity contribution in [1.82, 2.24) is 5.32 Å². The van der Waals surface area contributed by atoms with E-state index >= 15 is 0 Å². The number of carbonyl (C=O) groups excluding carboxylic acids is 1. The first kappa shape index (κ1) is 15.4. The minimum atomic E-state index is -0.0623. The fraction of sp³-hybridized carbons (Fsp3) is 0.312. The number of aryl methyl sites for hydroxylation is 1. The molecule has 2 heterocycles. The molecule has 2 aromatic rings. The molecule has 0 aromatic carbocycles. The van der Waals surface area contributed by atoms with Gasteiger partial charge in [-0.3, -0.25) is 4.79 Å². The Morgan fingerprint density at radius 1 is 1.48 bits per heavy atom. The molecule has 1 unspecified atom stereocenters. The first-order valence-electron chi connectivity index (χ1n) is 6.81. The molecule has 110 valence electrons. The van der Waals surface area contributed by atoms with Crippen LogP contribution in [0.1, 0.15) is 33.7 Å². The Hall–Kier alpha value is -2.03. The number of hydrogen-bond donors (Lipinski definition) is 2. The van der Waals surface area contributed by atoms with E-state index in [1.807, 2.05) is 25.1 Å². The predicted molar refractivity (Wildman–Crippen MR) is 84.2 cm³/mol. The number of nitrogens with one attached hydrogen (secondary N) is 1. The van der Waals surface area contributed by atoms with Gasteiger partial charge in [-0.05, 0) is 37.6 Å². The van der Waals surface area contributed by atoms with Crippen LogP contribution in [-0.2, 0) is 6.42 Å². The van der Waals surface area contributed by atoms with Crippen molar-refractivity contribution in [2.24, 2.45) is 5.73 Å². The highest BCUT2D eigenvalue weighted by Gasteiger charge is 2.12. The van der Waals surface area contributed by atoms with Gasteiger partial charge in [0.25, 0.3) is 5.91 Å². The lowest BCUT2D eigenvalue weighted by molar-refractivity contribution is 0.0942. The summed E-state index contributed by atoms with van der Waals surface area (Å²) in [5, 5.41) is 2.98. The molecule has 21 heavy (non-hydrogen) atoms. The highest BCUT2D eigenvalue weighted by atomic mass is 32.1. The summed E-state index contributed by atoms with van der Waals surface area (Å²) < 4.78 is 5.28. The first-order valence-corrected chi connectivity index (χ1v) is 7.62. The van der Waals surface area contributed by atoms with E-state index < -0.39 is 0 Å². The second-order valence-electron chi connectivity index (χ2n) is 4.66. The number of carbonyl (C=O) groups is 1. The first-order chi connectivity index (χ1) is 10.2. The van der Waals surface area contributed by atoms with Crippen LogP contribution in [0, 0.1) is 11.8 Å². The monoisotopic (exact) mass is 302 g/mol. The van der Waals surface area contributed by atoms with Gasteiger partial charge in [0.15, 0.2) is 0 Å². The maximum absolute atomic E-state index is 12.1. The van der Waals surface area contributed by atoms with Crippen molar-refractivity contribution in [3.05, 3.63) is 46.0 Å². The maximum Gasteiger partial charge on any atom is 0.261 e. The van der Waals surface area contributed by atoms with Gasteiger partial charge in [0, 0.05) is 12.5 Å². The van der Waals surface area contributed by atoms with E-state index in [-0.39, 0.29) is 11.9 Å². The highest BCUT2D eigenvalue weighted by molar-refractivity contribution is 7.14. The van der Waals surface area contributed by atoms with Crippen molar-refractivity contribution in [2.75, 3.05) is 6.54 Å². The van der Waals surface area contributed by atoms with Gasteiger partial charge in [-0.15, -0.1) is 11.3 Å². The zero-order valence-corrected chi connectivity index (χ0v) is 12.7. The number of amides is 1. The number of thiophene rings is 1. The quantitative estimate of drug-likeness (QED) is 0.833. The van der Waals surface area contributed by atoms with Crippen molar-refractivity contribution in [1.29, 1.82) is 0 Å². The molecular formula is C16H18N2O2S. The summed E-state index contributed by atoms with van der Waals surface area (Å²) in [7, 11) is 0. The molecule has 0 bridgehead atoms. The molecule has 0 aliphatic rings. The van der Waals surface area contributed by atoms with Crippen molar-refractivity contribution in [3.8, 4) is 11.8 Å². The van der Waals surface area contributed by atoms with E-state index in [4.69, 9.17) is 10.2 Å². The van der Waals surface area contributed by atoms with E-state index in [9.17, 15) is 4.79 Å². The van der Waals surface area contributed by atoms with Crippen LogP contribution < -0.4 is 11.1 Å². The zero-order chi connectivity index (χ0) is 15.1. The fourth-order valence-corrected chi connectivity index (χ4v) is 2.63. The molecule has 3 N–H and O–H groups in total. The molecule has 0 spiro atoms. The molecule has 5 heteroatoms. The van der Waals surface area contributed by atoms with Gasteiger partial charge in [-0.2, -0.15) is 0 Å². The third-order valence-corrected chi connectivity index (χ3v) is 3.92. The normalized spacial score (nSPS) is 11.5. The summed E-state index contributed by atoms with van der Waals surface area (Å²) in [6, 6.07) is 7.53. The highest BCUT2D eigenvalue weighted by Crippen LogP contribution is 2.15. The number of rotatable bonds is 5. The lowest BCUT2D eigenvalue weighted by Crippen LogP contribution is -2.32. The Labute approximate surface area is 128 Å². The van der Waals surface area contributed by atoms with Crippen LogP contribution in [0.3, 0.4) is 0 Å². The van der Waals surface area contributed by atoms with Gasteiger partial charge >= 0.3 is 0 Å². The van der Waals surface area contributed by atoms with Crippen LogP contribution in [-0.4, -0.2) is 18.5 Å². The van der Waals surface area contributed by atoms with Gasteiger partial charge in [0.2, 0.25) is 0 Å².